The Bertz CT molecular complexity index is 576. The molecule has 0 aromatic carbocycles. The van der Waals surface area contributed by atoms with Gasteiger partial charge in [0.25, 0.3) is 0 Å². The highest BCUT2D eigenvalue weighted by atomic mass is 16.6. The molecule has 0 saturated heterocycles. The van der Waals surface area contributed by atoms with Crippen molar-refractivity contribution in [1.82, 2.24) is 0 Å². The number of carbonyl (C=O) groups is 3. The average Bonchev–Trinajstić information content (AvgIpc) is 2.82. The van der Waals surface area contributed by atoms with Crippen molar-refractivity contribution in [3.8, 4) is 0 Å². The molecule has 0 aromatic rings. The monoisotopic (exact) mass is 516 g/mol. The molecule has 0 bridgehead atoms. The lowest BCUT2D eigenvalue weighted by Crippen LogP contribution is -2.29. The summed E-state index contributed by atoms with van der Waals surface area (Å²) in [4.78, 5) is 35.1. The van der Waals surface area contributed by atoms with Crippen LogP contribution in [0.4, 0.5) is 0 Å². The van der Waals surface area contributed by atoms with E-state index in [4.69, 9.17) is 24.4 Å². The third-order valence-corrected chi connectivity index (χ3v) is 6.50. The lowest BCUT2D eigenvalue weighted by Gasteiger charge is -2.22. The van der Waals surface area contributed by atoms with Crippen LogP contribution in [0.1, 0.15) is 124 Å². The fraction of sp³-hybridized carbons (Fsp3) is 0.893. The molecule has 1 unspecified atom stereocenters. The van der Waals surface area contributed by atoms with E-state index in [2.05, 4.69) is 13.8 Å². The summed E-state index contributed by atoms with van der Waals surface area (Å²) in [5.41, 5.74) is 0. The largest absolute Gasteiger partial charge is 0.463 e. The molecule has 0 amide bonds. The summed E-state index contributed by atoms with van der Waals surface area (Å²) < 4.78 is 15.7. The summed E-state index contributed by atoms with van der Waals surface area (Å²) in [6.07, 6.45) is 12.9. The minimum absolute atomic E-state index is 0.194. The van der Waals surface area contributed by atoms with Crippen molar-refractivity contribution < 1.29 is 38.8 Å². The van der Waals surface area contributed by atoms with Crippen molar-refractivity contribution in [3.63, 3.8) is 0 Å². The predicted molar refractivity (Wildman–Crippen MR) is 139 cm³/mol. The molecule has 2 N–H and O–H groups in total. The van der Waals surface area contributed by atoms with Crippen molar-refractivity contribution >= 4 is 17.9 Å². The van der Waals surface area contributed by atoms with E-state index < -0.39 is 37.4 Å². The number of carbonyl (C=O) groups excluding carboxylic acids is 3. The molecule has 0 aliphatic carbocycles. The van der Waals surface area contributed by atoms with Gasteiger partial charge in [-0.05, 0) is 31.6 Å². The van der Waals surface area contributed by atoms with Crippen molar-refractivity contribution in [3.05, 3.63) is 0 Å². The first-order valence-corrected chi connectivity index (χ1v) is 14.0. The standard InChI is InChI=1S/C28H52O8/c1-5-22(2)15-13-11-9-7-6-8-10-12-14-16-25(34-23(3)31)17-18-26(35-24(4)32)19-28(33)36-27(20-29)21-30/h22,25-27,29-30H,5-21H2,1-4H3/t22?,25-,26+/m0/s1. The van der Waals surface area contributed by atoms with Crippen LogP contribution in [-0.2, 0) is 28.6 Å². The third kappa shape index (κ3) is 20.5. The Morgan fingerprint density at radius 2 is 1.06 bits per heavy atom. The van der Waals surface area contributed by atoms with Crippen LogP contribution in [0.15, 0.2) is 0 Å². The number of aliphatic hydroxyl groups excluding tert-OH is 2. The summed E-state index contributed by atoms with van der Waals surface area (Å²) in [5, 5.41) is 18.1. The van der Waals surface area contributed by atoms with Gasteiger partial charge in [0.2, 0.25) is 0 Å². The van der Waals surface area contributed by atoms with Gasteiger partial charge in [-0.3, -0.25) is 14.4 Å². The van der Waals surface area contributed by atoms with Gasteiger partial charge in [0.05, 0.1) is 19.6 Å². The van der Waals surface area contributed by atoms with Gasteiger partial charge in [-0.15, -0.1) is 0 Å². The highest BCUT2D eigenvalue weighted by molar-refractivity contribution is 5.71. The number of hydrogen-bond acceptors (Lipinski definition) is 8. The van der Waals surface area contributed by atoms with Gasteiger partial charge >= 0.3 is 17.9 Å². The van der Waals surface area contributed by atoms with Gasteiger partial charge < -0.3 is 24.4 Å². The fourth-order valence-electron chi connectivity index (χ4n) is 4.16. The van der Waals surface area contributed by atoms with Crippen LogP contribution in [0.2, 0.25) is 0 Å². The van der Waals surface area contributed by atoms with Crippen molar-refractivity contribution in [2.75, 3.05) is 13.2 Å². The predicted octanol–water partition coefficient (Wildman–Crippen LogP) is 5.25. The van der Waals surface area contributed by atoms with Gasteiger partial charge in [-0.1, -0.05) is 78.1 Å². The molecule has 0 rings (SSSR count). The SMILES string of the molecule is CCC(C)CCCCCCCCCCC[C@@H](CC[C@H](CC(=O)OC(CO)CO)OC(C)=O)OC(C)=O. The first kappa shape index (κ1) is 34.3. The molecule has 0 aliphatic heterocycles. The Balaban J connectivity index is 4.28. The Morgan fingerprint density at radius 3 is 1.53 bits per heavy atom. The smallest absolute Gasteiger partial charge is 0.309 e. The number of unbranched alkanes of at least 4 members (excludes halogenated alkanes) is 8. The molecular weight excluding hydrogens is 464 g/mol. The van der Waals surface area contributed by atoms with Crippen molar-refractivity contribution in [2.45, 2.75) is 142 Å². The van der Waals surface area contributed by atoms with Crippen molar-refractivity contribution in [2.24, 2.45) is 5.92 Å². The van der Waals surface area contributed by atoms with Crippen LogP contribution in [0.5, 0.6) is 0 Å². The molecule has 0 radical (unpaired) electrons. The van der Waals surface area contributed by atoms with E-state index in [1.54, 1.807) is 0 Å². The van der Waals surface area contributed by atoms with Gasteiger partial charge in [0, 0.05) is 13.8 Å². The topological polar surface area (TPSA) is 119 Å². The number of ether oxygens (including phenoxy) is 3. The molecule has 0 saturated carbocycles. The molecular formula is C28H52O8. The zero-order valence-corrected chi connectivity index (χ0v) is 23.2. The second-order valence-electron chi connectivity index (χ2n) is 9.99. The summed E-state index contributed by atoms with van der Waals surface area (Å²) in [6, 6.07) is 0. The Hall–Kier alpha value is -1.67. The molecule has 0 aliphatic rings. The van der Waals surface area contributed by atoms with Crippen LogP contribution < -0.4 is 0 Å². The molecule has 36 heavy (non-hydrogen) atoms. The normalized spacial score (nSPS) is 13.8. The van der Waals surface area contributed by atoms with E-state index in [-0.39, 0.29) is 18.5 Å². The third-order valence-electron chi connectivity index (χ3n) is 6.50. The molecule has 8 heteroatoms. The summed E-state index contributed by atoms with van der Waals surface area (Å²) in [6.45, 7) is 6.24. The minimum atomic E-state index is -1.00. The van der Waals surface area contributed by atoms with Gasteiger partial charge in [0.15, 0.2) is 0 Å². The molecule has 0 heterocycles. The summed E-state index contributed by atoms with van der Waals surface area (Å²) >= 11 is 0. The molecule has 0 spiro atoms. The van der Waals surface area contributed by atoms with E-state index in [9.17, 15) is 14.4 Å². The molecule has 8 nitrogen and oxygen atoms in total. The molecule has 0 aromatic heterocycles. The zero-order valence-electron chi connectivity index (χ0n) is 23.2. The first-order chi connectivity index (χ1) is 17.2. The quantitative estimate of drug-likeness (QED) is 0.107. The van der Waals surface area contributed by atoms with E-state index in [0.29, 0.717) is 12.8 Å². The van der Waals surface area contributed by atoms with Crippen LogP contribution in [0, 0.1) is 5.92 Å². The van der Waals surface area contributed by atoms with Crippen molar-refractivity contribution in [1.29, 1.82) is 0 Å². The second-order valence-corrected chi connectivity index (χ2v) is 9.99. The maximum absolute atomic E-state index is 12.1. The van der Waals surface area contributed by atoms with Gasteiger partial charge in [-0.2, -0.15) is 0 Å². The van der Waals surface area contributed by atoms with Crippen LogP contribution in [0.25, 0.3) is 0 Å². The number of esters is 3. The maximum Gasteiger partial charge on any atom is 0.309 e. The Labute approximate surface area is 218 Å². The summed E-state index contributed by atoms with van der Waals surface area (Å²) in [7, 11) is 0. The van der Waals surface area contributed by atoms with E-state index in [1.807, 2.05) is 0 Å². The lowest BCUT2D eigenvalue weighted by molar-refractivity contribution is -0.161. The zero-order chi connectivity index (χ0) is 27.2. The van der Waals surface area contributed by atoms with Crippen LogP contribution in [-0.4, -0.2) is 59.6 Å². The van der Waals surface area contributed by atoms with Crippen LogP contribution >= 0.6 is 0 Å². The van der Waals surface area contributed by atoms with Gasteiger partial charge in [0.1, 0.15) is 18.3 Å². The highest BCUT2D eigenvalue weighted by Gasteiger charge is 2.23. The maximum atomic E-state index is 12.1. The summed E-state index contributed by atoms with van der Waals surface area (Å²) in [5.74, 6) is -0.700. The highest BCUT2D eigenvalue weighted by Crippen LogP contribution is 2.19. The number of aliphatic hydroxyl groups is 2. The second kappa shape index (κ2) is 22.5. The molecule has 0 fully saturated rings. The Morgan fingerprint density at radius 1 is 0.611 bits per heavy atom. The van der Waals surface area contributed by atoms with E-state index in [0.717, 1.165) is 25.2 Å². The van der Waals surface area contributed by atoms with Crippen LogP contribution in [0.3, 0.4) is 0 Å². The number of rotatable bonds is 23. The van der Waals surface area contributed by atoms with E-state index in [1.165, 1.54) is 71.6 Å². The minimum Gasteiger partial charge on any atom is -0.463 e. The molecule has 212 valence electrons. The first-order valence-electron chi connectivity index (χ1n) is 14.0. The number of hydrogen-bond donors (Lipinski definition) is 2. The fourth-order valence-corrected chi connectivity index (χ4v) is 4.16. The van der Waals surface area contributed by atoms with Gasteiger partial charge in [-0.25, -0.2) is 0 Å². The lowest BCUT2D eigenvalue weighted by atomic mass is 9.99. The molecule has 3 atom stereocenters. The average molecular weight is 517 g/mol. The van der Waals surface area contributed by atoms with E-state index >= 15 is 0 Å². The Kier molecular flexibility index (Phi) is 21.5.